The van der Waals surface area contributed by atoms with Gasteiger partial charge < -0.3 is 10.1 Å². The Morgan fingerprint density at radius 3 is 2.22 bits per heavy atom. The molecule has 0 spiro atoms. The van der Waals surface area contributed by atoms with Gasteiger partial charge in [0.25, 0.3) is 0 Å². The number of ether oxygens (including phenoxy) is 1. The Kier molecular flexibility index (Phi) is 6.13. The monoisotopic (exact) mass is 255 g/mol. The fraction of sp³-hybridized carbons (Fsp3) is 1.00. The topological polar surface area (TPSA) is 21.3 Å². The Morgan fingerprint density at radius 2 is 1.78 bits per heavy atom. The van der Waals surface area contributed by atoms with Gasteiger partial charge in [0.2, 0.25) is 0 Å². The molecule has 108 valence electrons. The fourth-order valence-electron chi connectivity index (χ4n) is 2.95. The van der Waals surface area contributed by atoms with Crippen molar-refractivity contribution in [2.45, 2.75) is 73.0 Å². The Balaban J connectivity index is 2.77. The molecule has 0 bridgehead atoms. The van der Waals surface area contributed by atoms with Gasteiger partial charge in [-0.3, -0.25) is 0 Å². The van der Waals surface area contributed by atoms with Gasteiger partial charge in [-0.15, -0.1) is 0 Å². The van der Waals surface area contributed by atoms with Gasteiger partial charge in [-0.1, -0.05) is 41.5 Å². The Morgan fingerprint density at radius 1 is 1.17 bits per heavy atom. The molecule has 0 aliphatic carbocycles. The zero-order chi connectivity index (χ0) is 13.8. The normalized spacial score (nSPS) is 28.7. The molecule has 0 aromatic rings. The third-order valence-corrected chi connectivity index (χ3v) is 4.64. The third kappa shape index (κ3) is 3.96. The molecule has 2 nitrogen and oxygen atoms in total. The van der Waals surface area contributed by atoms with E-state index in [9.17, 15) is 0 Å². The summed E-state index contributed by atoms with van der Waals surface area (Å²) >= 11 is 0. The molecular formula is C16H33NO. The fourth-order valence-corrected chi connectivity index (χ4v) is 2.95. The maximum absolute atomic E-state index is 6.32. The van der Waals surface area contributed by atoms with Gasteiger partial charge in [0, 0.05) is 18.0 Å². The van der Waals surface area contributed by atoms with Crippen LogP contribution in [0.3, 0.4) is 0 Å². The molecule has 0 aromatic carbocycles. The van der Waals surface area contributed by atoms with E-state index in [1.807, 2.05) is 0 Å². The molecule has 1 heterocycles. The van der Waals surface area contributed by atoms with E-state index >= 15 is 0 Å². The first-order valence-electron chi connectivity index (χ1n) is 7.79. The van der Waals surface area contributed by atoms with Crippen LogP contribution in [0.4, 0.5) is 0 Å². The van der Waals surface area contributed by atoms with Crippen LogP contribution in [0.1, 0.15) is 60.8 Å². The van der Waals surface area contributed by atoms with Crippen LogP contribution in [0.2, 0.25) is 0 Å². The summed E-state index contributed by atoms with van der Waals surface area (Å²) in [6.45, 7) is 15.8. The maximum Gasteiger partial charge on any atom is 0.0733 e. The molecule has 1 fully saturated rings. The molecule has 2 unspecified atom stereocenters. The molecule has 18 heavy (non-hydrogen) atoms. The highest BCUT2D eigenvalue weighted by Crippen LogP contribution is 2.31. The lowest BCUT2D eigenvalue weighted by molar-refractivity contribution is -0.0170. The summed E-state index contributed by atoms with van der Waals surface area (Å²) < 4.78 is 6.32. The van der Waals surface area contributed by atoms with Crippen molar-refractivity contribution in [2.24, 2.45) is 17.3 Å². The van der Waals surface area contributed by atoms with Crippen LogP contribution < -0.4 is 5.32 Å². The second kappa shape index (κ2) is 6.91. The second-order valence-corrected chi connectivity index (χ2v) is 6.84. The Labute approximate surface area is 114 Å². The molecule has 1 N–H and O–H groups in total. The molecule has 1 saturated heterocycles. The summed E-state index contributed by atoms with van der Waals surface area (Å²) in [5.74, 6) is 1.34. The third-order valence-electron chi connectivity index (χ3n) is 4.64. The summed E-state index contributed by atoms with van der Waals surface area (Å²) in [4.78, 5) is 0. The number of hydrogen-bond donors (Lipinski definition) is 1. The average Bonchev–Trinajstić information content (AvgIpc) is 2.49. The molecule has 1 rings (SSSR count). The first kappa shape index (κ1) is 16.0. The van der Waals surface area contributed by atoms with E-state index in [4.69, 9.17) is 4.74 Å². The van der Waals surface area contributed by atoms with Crippen molar-refractivity contribution in [3.8, 4) is 0 Å². The van der Waals surface area contributed by atoms with Gasteiger partial charge in [-0.05, 0) is 31.1 Å². The molecule has 0 aromatic heterocycles. The van der Waals surface area contributed by atoms with Gasteiger partial charge in [0.15, 0.2) is 0 Å². The summed E-state index contributed by atoms with van der Waals surface area (Å²) in [7, 11) is 0. The summed E-state index contributed by atoms with van der Waals surface area (Å²) in [5, 5.41) is 3.80. The number of nitrogens with one attached hydrogen (secondary N) is 1. The molecule has 1 aliphatic rings. The molecule has 2 heteroatoms. The van der Waals surface area contributed by atoms with Gasteiger partial charge in [0.05, 0.1) is 12.7 Å². The highest BCUT2D eigenvalue weighted by molar-refractivity contribution is 4.90. The highest BCUT2D eigenvalue weighted by Gasteiger charge is 2.36. The smallest absolute Gasteiger partial charge is 0.0733 e. The van der Waals surface area contributed by atoms with Crippen LogP contribution in [0.5, 0.6) is 0 Å². The van der Waals surface area contributed by atoms with E-state index in [0.29, 0.717) is 29.4 Å². The van der Waals surface area contributed by atoms with Crippen molar-refractivity contribution in [3.63, 3.8) is 0 Å². The maximum atomic E-state index is 6.32. The van der Waals surface area contributed by atoms with Crippen molar-refractivity contribution in [1.82, 2.24) is 5.32 Å². The van der Waals surface area contributed by atoms with Gasteiger partial charge >= 0.3 is 0 Å². The summed E-state index contributed by atoms with van der Waals surface area (Å²) in [5.41, 5.74) is 0.346. The number of rotatable bonds is 5. The quantitative estimate of drug-likeness (QED) is 0.805. The van der Waals surface area contributed by atoms with Crippen molar-refractivity contribution in [3.05, 3.63) is 0 Å². The summed E-state index contributed by atoms with van der Waals surface area (Å²) in [6, 6.07) is 0.507. The standard InChI is InChI=1S/C16H33NO/c1-7-16(8-2)10-17-15(13(5)6)14(18-11-16)9-12(3)4/h12-15,17H,7-11H2,1-6H3. The van der Waals surface area contributed by atoms with Gasteiger partial charge in [-0.25, -0.2) is 0 Å². The zero-order valence-corrected chi connectivity index (χ0v) is 13.3. The van der Waals surface area contributed by atoms with E-state index in [2.05, 4.69) is 46.9 Å². The van der Waals surface area contributed by atoms with Crippen molar-refractivity contribution in [1.29, 1.82) is 0 Å². The second-order valence-electron chi connectivity index (χ2n) is 6.84. The van der Waals surface area contributed by atoms with Crippen LogP contribution >= 0.6 is 0 Å². The van der Waals surface area contributed by atoms with Crippen LogP contribution in [-0.2, 0) is 4.74 Å². The Hall–Kier alpha value is -0.0800. The van der Waals surface area contributed by atoms with Crippen molar-refractivity contribution >= 4 is 0 Å². The lowest BCUT2D eigenvalue weighted by Gasteiger charge is -2.30. The first-order valence-corrected chi connectivity index (χ1v) is 7.79. The van der Waals surface area contributed by atoms with Crippen LogP contribution in [0.15, 0.2) is 0 Å². The minimum Gasteiger partial charge on any atom is -0.376 e. The van der Waals surface area contributed by atoms with Gasteiger partial charge in [-0.2, -0.15) is 0 Å². The number of hydrogen-bond acceptors (Lipinski definition) is 2. The minimum absolute atomic E-state index is 0.346. The molecule has 0 amide bonds. The predicted octanol–water partition coefficient (Wildman–Crippen LogP) is 3.85. The lowest BCUT2D eigenvalue weighted by Crippen LogP contribution is -2.45. The Bertz CT molecular complexity index is 233. The lowest BCUT2D eigenvalue weighted by atomic mass is 9.83. The van der Waals surface area contributed by atoms with E-state index < -0.39 is 0 Å². The van der Waals surface area contributed by atoms with Crippen LogP contribution in [0, 0.1) is 17.3 Å². The molecule has 2 atom stereocenters. The molecule has 0 radical (unpaired) electrons. The van der Waals surface area contributed by atoms with Crippen LogP contribution in [0.25, 0.3) is 0 Å². The predicted molar refractivity (Wildman–Crippen MR) is 78.8 cm³/mol. The first-order chi connectivity index (χ1) is 8.44. The van der Waals surface area contributed by atoms with E-state index in [-0.39, 0.29) is 0 Å². The summed E-state index contributed by atoms with van der Waals surface area (Å²) in [6.07, 6.45) is 3.95. The molecule has 1 aliphatic heterocycles. The van der Waals surface area contributed by atoms with E-state index in [1.165, 1.54) is 19.3 Å². The van der Waals surface area contributed by atoms with E-state index in [0.717, 1.165) is 13.2 Å². The minimum atomic E-state index is 0.346. The van der Waals surface area contributed by atoms with Crippen molar-refractivity contribution in [2.75, 3.05) is 13.2 Å². The average molecular weight is 255 g/mol. The highest BCUT2D eigenvalue weighted by atomic mass is 16.5. The van der Waals surface area contributed by atoms with Crippen LogP contribution in [-0.4, -0.2) is 25.3 Å². The van der Waals surface area contributed by atoms with E-state index in [1.54, 1.807) is 0 Å². The SMILES string of the molecule is CCC1(CC)CNC(C(C)C)C(CC(C)C)OC1. The molecule has 0 saturated carbocycles. The van der Waals surface area contributed by atoms with Gasteiger partial charge in [0.1, 0.15) is 0 Å². The zero-order valence-electron chi connectivity index (χ0n) is 13.3. The largest absolute Gasteiger partial charge is 0.376 e. The molecular weight excluding hydrogens is 222 g/mol. The van der Waals surface area contributed by atoms with Crippen molar-refractivity contribution < 1.29 is 4.74 Å².